The van der Waals surface area contributed by atoms with E-state index in [9.17, 15) is 4.79 Å². The van der Waals surface area contributed by atoms with Crippen molar-refractivity contribution in [2.24, 2.45) is 0 Å². The van der Waals surface area contributed by atoms with Gasteiger partial charge in [0.1, 0.15) is 5.75 Å². The smallest absolute Gasteiger partial charge is 0.279 e. The third-order valence-electron chi connectivity index (χ3n) is 4.48. The average Bonchev–Trinajstić information content (AvgIpc) is 2.62. The second-order valence-electron chi connectivity index (χ2n) is 6.26. The van der Waals surface area contributed by atoms with Crippen LogP contribution in [0.25, 0.3) is 0 Å². The van der Waals surface area contributed by atoms with E-state index in [1.165, 1.54) is 4.90 Å². The van der Waals surface area contributed by atoms with Gasteiger partial charge in [-0.25, -0.2) is 0 Å². The molecule has 0 bridgehead atoms. The van der Waals surface area contributed by atoms with Crippen LogP contribution in [0.4, 0.5) is 17.1 Å². The number of nitrogens with two attached hydrogens (primary N) is 1. The lowest BCUT2D eigenvalue weighted by atomic mass is 10.2. The molecule has 1 aliphatic rings. The van der Waals surface area contributed by atoms with Crippen molar-refractivity contribution < 1.29 is 14.4 Å². The van der Waals surface area contributed by atoms with Gasteiger partial charge < -0.3 is 25.6 Å². The van der Waals surface area contributed by atoms with Gasteiger partial charge >= 0.3 is 0 Å². The van der Waals surface area contributed by atoms with E-state index >= 15 is 0 Å². The molecule has 0 unspecified atom stereocenters. The summed E-state index contributed by atoms with van der Waals surface area (Å²) in [5.41, 5.74) is 8.26. The molecule has 0 radical (unpaired) electrons. The Morgan fingerprint density at radius 2 is 1.96 bits per heavy atom. The van der Waals surface area contributed by atoms with Crippen LogP contribution >= 0.6 is 0 Å². The molecule has 6 nitrogen and oxygen atoms in total. The summed E-state index contributed by atoms with van der Waals surface area (Å²) >= 11 is 0. The van der Waals surface area contributed by atoms with E-state index in [-0.39, 0.29) is 5.91 Å². The van der Waals surface area contributed by atoms with Gasteiger partial charge in [-0.05, 0) is 30.3 Å². The number of ether oxygens (including phenoxy) is 1. The monoisotopic (exact) mass is 341 g/mol. The number of carbonyl (C=O) groups excluding carboxylic acids is 1. The molecule has 0 atom stereocenters. The fourth-order valence-corrected chi connectivity index (χ4v) is 3.18. The first-order chi connectivity index (χ1) is 12.2. The second kappa shape index (κ2) is 7.90. The number of anilines is 3. The Balaban J connectivity index is 1.51. The highest BCUT2D eigenvalue weighted by Crippen LogP contribution is 2.27. The van der Waals surface area contributed by atoms with Gasteiger partial charge in [-0.1, -0.05) is 18.2 Å². The summed E-state index contributed by atoms with van der Waals surface area (Å²) < 4.78 is 5.44. The van der Waals surface area contributed by atoms with Crippen LogP contribution in [0, 0.1) is 0 Å². The Kier molecular flexibility index (Phi) is 5.40. The number of rotatable bonds is 5. The van der Waals surface area contributed by atoms with Gasteiger partial charge in [0.25, 0.3) is 5.91 Å². The lowest BCUT2D eigenvalue weighted by Gasteiger charge is -2.34. The van der Waals surface area contributed by atoms with Crippen molar-refractivity contribution in [3.8, 4) is 5.75 Å². The number of nitrogens with zero attached hydrogens (tertiary/aromatic N) is 1. The van der Waals surface area contributed by atoms with Crippen LogP contribution in [0.5, 0.6) is 5.75 Å². The molecule has 0 saturated carbocycles. The maximum Gasteiger partial charge on any atom is 0.279 e. The molecular formula is C19H25N4O2+. The molecule has 1 fully saturated rings. The third kappa shape index (κ3) is 4.42. The summed E-state index contributed by atoms with van der Waals surface area (Å²) in [4.78, 5) is 15.8. The SMILES string of the molecule is COc1ccccc1N1CC[NH+](CC(=O)Nc2cccc(N)c2)CC1. The first-order valence-corrected chi connectivity index (χ1v) is 8.52. The van der Waals surface area contributed by atoms with Crippen molar-refractivity contribution in [1.29, 1.82) is 0 Å². The van der Waals surface area contributed by atoms with Crippen molar-refractivity contribution >= 4 is 23.0 Å². The highest BCUT2D eigenvalue weighted by Gasteiger charge is 2.23. The van der Waals surface area contributed by atoms with Gasteiger partial charge in [0.05, 0.1) is 39.0 Å². The predicted molar refractivity (Wildman–Crippen MR) is 100 cm³/mol. The molecule has 0 aliphatic carbocycles. The number of carbonyl (C=O) groups is 1. The van der Waals surface area contributed by atoms with Crippen molar-refractivity contribution in [3.63, 3.8) is 0 Å². The molecule has 1 saturated heterocycles. The fourth-order valence-electron chi connectivity index (χ4n) is 3.18. The van der Waals surface area contributed by atoms with Gasteiger partial charge in [0.15, 0.2) is 6.54 Å². The van der Waals surface area contributed by atoms with Crippen LogP contribution in [-0.4, -0.2) is 45.7 Å². The lowest BCUT2D eigenvalue weighted by molar-refractivity contribution is -0.892. The molecule has 3 rings (SSSR count). The summed E-state index contributed by atoms with van der Waals surface area (Å²) in [6.45, 7) is 4.11. The van der Waals surface area contributed by atoms with E-state index in [1.807, 2.05) is 30.3 Å². The number of methoxy groups -OCH3 is 1. The van der Waals surface area contributed by atoms with E-state index in [0.29, 0.717) is 12.2 Å². The first kappa shape index (κ1) is 17.1. The molecular weight excluding hydrogens is 316 g/mol. The molecule has 132 valence electrons. The minimum atomic E-state index is 0.0198. The van der Waals surface area contributed by atoms with E-state index in [1.54, 1.807) is 19.2 Å². The zero-order chi connectivity index (χ0) is 17.6. The Bertz CT molecular complexity index is 727. The fraction of sp³-hybridized carbons (Fsp3) is 0.316. The zero-order valence-electron chi connectivity index (χ0n) is 14.5. The van der Waals surface area contributed by atoms with Crippen LogP contribution in [0.15, 0.2) is 48.5 Å². The summed E-state index contributed by atoms with van der Waals surface area (Å²) in [5, 5.41) is 2.92. The normalized spacial score (nSPS) is 15.0. The average molecular weight is 341 g/mol. The lowest BCUT2D eigenvalue weighted by Crippen LogP contribution is -3.15. The Hall–Kier alpha value is -2.73. The molecule has 2 aromatic rings. The topological polar surface area (TPSA) is 72.0 Å². The number of piperazine rings is 1. The second-order valence-corrected chi connectivity index (χ2v) is 6.26. The van der Waals surface area contributed by atoms with Crippen molar-refractivity contribution in [3.05, 3.63) is 48.5 Å². The summed E-state index contributed by atoms with van der Waals surface area (Å²) in [6.07, 6.45) is 0. The van der Waals surface area contributed by atoms with Crippen LogP contribution in [0.2, 0.25) is 0 Å². The van der Waals surface area contributed by atoms with Gasteiger partial charge in [0.2, 0.25) is 0 Å². The summed E-state index contributed by atoms with van der Waals surface area (Å²) in [5.74, 6) is 0.914. The molecule has 4 N–H and O–H groups in total. The maximum atomic E-state index is 12.2. The largest absolute Gasteiger partial charge is 0.495 e. The quantitative estimate of drug-likeness (QED) is 0.697. The van der Waals surface area contributed by atoms with Gasteiger partial charge in [0, 0.05) is 11.4 Å². The first-order valence-electron chi connectivity index (χ1n) is 8.52. The molecule has 6 heteroatoms. The van der Waals surface area contributed by atoms with Crippen molar-refractivity contribution in [2.45, 2.75) is 0 Å². The van der Waals surface area contributed by atoms with Gasteiger partial charge in [-0.3, -0.25) is 4.79 Å². The Morgan fingerprint density at radius 3 is 2.68 bits per heavy atom. The van der Waals surface area contributed by atoms with Crippen molar-refractivity contribution in [1.82, 2.24) is 0 Å². The Labute approximate surface area is 148 Å². The number of quaternary nitrogens is 1. The highest BCUT2D eigenvalue weighted by atomic mass is 16.5. The number of amides is 1. The predicted octanol–water partition coefficient (Wildman–Crippen LogP) is 0.621. The van der Waals surface area contributed by atoms with E-state index in [4.69, 9.17) is 10.5 Å². The summed E-state index contributed by atoms with van der Waals surface area (Å²) in [6, 6.07) is 15.3. The van der Waals surface area contributed by atoms with E-state index in [0.717, 1.165) is 43.3 Å². The number of hydrogen-bond donors (Lipinski definition) is 3. The highest BCUT2D eigenvalue weighted by molar-refractivity contribution is 5.91. The molecule has 1 heterocycles. The number of benzene rings is 2. The molecule has 2 aromatic carbocycles. The number of nitrogens with one attached hydrogen (secondary N) is 2. The van der Waals surface area contributed by atoms with E-state index < -0.39 is 0 Å². The number of nitrogen functional groups attached to an aromatic ring is 1. The van der Waals surface area contributed by atoms with Gasteiger partial charge in [-0.15, -0.1) is 0 Å². The maximum absolute atomic E-state index is 12.2. The molecule has 1 amide bonds. The van der Waals surface area contributed by atoms with Crippen LogP contribution in [0.1, 0.15) is 0 Å². The molecule has 0 spiro atoms. The number of hydrogen-bond acceptors (Lipinski definition) is 4. The summed E-state index contributed by atoms with van der Waals surface area (Å²) in [7, 11) is 1.70. The Morgan fingerprint density at radius 1 is 1.20 bits per heavy atom. The molecule has 25 heavy (non-hydrogen) atoms. The standard InChI is InChI=1S/C19H24N4O2/c1-25-18-8-3-2-7-17(18)23-11-9-22(10-12-23)14-19(24)21-16-6-4-5-15(20)13-16/h2-8,13H,9-12,14,20H2,1H3,(H,21,24)/p+1. The third-order valence-corrected chi connectivity index (χ3v) is 4.48. The zero-order valence-corrected chi connectivity index (χ0v) is 14.5. The van der Waals surface area contributed by atoms with Crippen LogP contribution in [-0.2, 0) is 4.79 Å². The minimum Gasteiger partial charge on any atom is -0.495 e. The van der Waals surface area contributed by atoms with Crippen molar-refractivity contribution in [2.75, 3.05) is 55.8 Å². The van der Waals surface area contributed by atoms with Crippen LogP contribution < -0.4 is 25.6 Å². The number of para-hydroxylation sites is 2. The van der Waals surface area contributed by atoms with E-state index in [2.05, 4.69) is 16.3 Å². The molecule has 1 aliphatic heterocycles. The van der Waals surface area contributed by atoms with Crippen LogP contribution in [0.3, 0.4) is 0 Å². The minimum absolute atomic E-state index is 0.0198. The molecule has 0 aromatic heterocycles. The van der Waals surface area contributed by atoms with Gasteiger partial charge in [-0.2, -0.15) is 0 Å².